The molecule has 8 heteroatoms. The fraction of sp³-hybridized carbons (Fsp3) is 0.185. The first-order chi connectivity index (χ1) is 16.8. The van der Waals surface area contributed by atoms with E-state index >= 15 is 0 Å². The summed E-state index contributed by atoms with van der Waals surface area (Å²) in [7, 11) is 1.61. The van der Waals surface area contributed by atoms with Gasteiger partial charge in [-0.2, -0.15) is 5.10 Å². The molecular formula is C27H23Cl2N3O3. The van der Waals surface area contributed by atoms with Gasteiger partial charge in [-0.1, -0.05) is 47.5 Å². The van der Waals surface area contributed by atoms with Crippen LogP contribution in [0.15, 0.2) is 54.6 Å². The maximum atomic E-state index is 13.6. The van der Waals surface area contributed by atoms with E-state index in [2.05, 4.69) is 10.2 Å². The van der Waals surface area contributed by atoms with Gasteiger partial charge in [0.15, 0.2) is 0 Å². The molecular weight excluding hydrogens is 485 g/mol. The number of hydrogen-bond donors (Lipinski definition) is 2. The molecule has 2 N–H and O–H groups in total. The molecule has 35 heavy (non-hydrogen) atoms. The van der Waals surface area contributed by atoms with Crippen molar-refractivity contribution in [2.24, 2.45) is 0 Å². The number of phenolic OH excluding ortho intramolecular Hbond substituents is 1. The van der Waals surface area contributed by atoms with Gasteiger partial charge in [-0.15, -0.1) is 0 Å². The Kier molecular flexibility index (Phi) is 5.95. The highest BCUT2D eigenvalue weighted by Crippen LogP contribution is 2.46. The van der Waals surface area contributed by atoms with E-state index in [9.17, 15) is 9.90 Å². The lowest BCUT2D eigenvalue weighted by atomic mass is 9.94. The molecule has 2 heterocycles. The van der Waals surface area contributed by atoms with Crippen molar-refractivity contribution in [1.29, 1.82) is 0 Å². The number of rotatable bonds is 5. The van der Waals surface area contributed by atoms with Gasteiger partial charge in [-0.3, -0.25) is 9.89 Å². The first kappa shape index (κ1) is 23.3. The molecule has 1 aliphatic heterocycles. The summed E-state index contributed by atoms with van der Waals surface area (Å²) in [4.78, 5) is 15.4. The Morgan fingerprint density at radius 2 is 1.80 bits per heavy atom. The number of carbonyl (C=O) groups is 1. The molecule has 5 rings (SSSR count). The number of amides is 1. The van der Waals surface area contributed by atoms with Gasteiger partial charge in [-0.25, -0.2) is 0 Å². The number of ether oxygens (including phenoxy) is 1. The van der Waals surface area contributed by atoms with E-state index in [0.29, 0.717) is 39.1 Å². The number of halogens is 2. The fourth-order valence-corrected chi connectivity index (χ4v) is 4.97. The predicted molar refractivity (Wildman–Crippen MR) is 136 cm³/mol. The monoisotopic (exact) mass is 507 g/mol. The van der Waals surface area contributed by atoms with Crippen molar-refractivity contribution in [3.8, 4) is 22.8 Å². The molecule has 1 aliphatic rings. The van der Waals surface area contributed by atoms with E-state index in [-0.39, 0.29) is 11.7 Å². The van der Waals surface area contributed by atoms with E-state index < -0.39 is 6.04 Å². The van der Waals surface area contributed by atoms with Crippen LogP contribution in [-0.4, -0.2) is 33.2 Å². The van der Waals surface area contributed by atoms with Crippen molar-refractivity contribution in [2.75, 3.05) is 7.11 Å². The normalized spacial score (nSPS) is 14.9. The van der Waals surface area contributed by atoms with Gasteiger partial charge in [0.25, 0.3) is 5.91 Å². The molecule has 6 nitrogen and oxygen atoms in total. The molecule has 4 aromatic rings. The van der Waals surface area contributed by atoms with E-state index in [4.69, 9.17) is 27.9 Å². The van der Waals surface area contributed by atoms with Crippen molar-refractivity contribution >= 4 is 29.1 Å². The second-order valence-corrected chi connectivity index (χ2v) is 9.51. The summed E-state index contributed by atoms with van der Waals surface area (Å²) in [6.45, 7) is 4.16. The van der Waals surface area contributed by atoms with Crippen LogP contribution >= 0.6 is 23.2 Å². The standard InChI is InChI=1S/C27H23Cl2N3O3/c1-14-10-15(2)26(33)19(11-14)23-22-24(31-30-23)27(34)32(13-16-4-7-18(35-3)8-5-16)25(22)17-6-9-20(28)21(29)12-17/h4-12,25,33H,13H2,1-3H3,(H,30,31). The summed E-state index contributed by atoms with van der Waals surface area (Å²) in [6, 6.07) is 16.2. The van der Waals surface area contributed by atoms with Crippen LogP contribution in [-0.2, 0) is 6.54 Å². The third-order valence-electron chi connectivity index (χ3n) is 6.34. The SMILES string of the molecule is COc1ccc(CN2C(=O)c3[nH]nc(-c4cc(C)cc(C)c4O)c3C2c2ccc(Cl)c(Cl)c2)cc1. The number of phenols is 1. The van der Waals surface area contributed by atoms with Crippen LogP contribution in [0.5, 0.6) is 11.5 Å². The Balaban J connectivity index is 1.67. The van der Waals surface area contributed by atoms with Crippen LogP contribution in [0.3, 0.4) is 0 Å². The van der Waals surface area contributed by atoms with Crippen molar-refractivity contribution in [3.05, 3.63) is 98.2 Å². The zero-order valence-electron chi connectivity index (χ0n) is 19.4. The zero-order chi connectivity index (χ0) is 24.9. The maximum Gasteiger partial charge on any atom is 0.273 e. The predicted octanol–water partition coefficient (Wildman–Crippen LogP) is 6.46. The van der Waals surface area contributed by atoms with Gasteiger partial charge >= 0.3 is 0 Å². The maximum absolute atomic E-state index is 13.6. The molecule has 0 saturated heterocycles. The lowest BCUT2D eigenvalue weighted by molar-refractivity contribution is 0.0730. The van der Waals surface area contributed by atoms with Crippen molar-refractivity contribution in [2.45, 2.75) is 26.4 Å². The number of aromatic nitrogens is 2. The number of aryl methyl sites for hydroxylation is 2. The quantitative estimate of drug-likeness (QED) is 0.324. The topological polar surface area (TPSA) is 78.5 Å². The van der Waals surface area contributed by atoms with Gasteiger partial charge in [-0.05, 0) is 66.4 Å². The third-order valence-corrected chi connectivity index (χ3v) is 7.07. The first-order valence-electron chi connectivity index (χ1n) is 11.1. The highest BCUT2D eigenvalue weighted by molar-refractivity contribution is 6.42. The second kappa shape index (κ2) is 8.95. The Morgan fingerprint density at radius 1 is 1.06 bits per heavy atom. The van der Waals surface area contributed by atoms with Gasteiger partial charge in [0.05, 0.1) is 23.2 Å². The van der Waals surface area contributed by atoms with Crippen LogP contribution in [0.25, 0.3) is 11.3 Å². The Labute approximate surface area is 213 Å². The number of nitrogens with zero attached hydrogens (tertiary/aromatic N) is 2. The van der Waals surface area contributed by atoms with Crippen LogP contribution in [0.2, 0.25) is 10.0 Å². The summed E-state index contributed by atoms with van der Waals surface area (Å²) < 4.78 is 5.26. The number of nitrogens with one attached hydrogen (secondary N) is 1. The summed E-state index contributed by atoms with van der Waals surface area (Å²) >= 11 is 12.6. The number of aromatic amines is 1. The molecule has 0 aliphatic carbocycles. The zero-order valence-corrected chi connectivity index (χ0v) is 20.9. The minimum Gasteiger partial charge on any atom is -0.507 e. The summed E-state index contributed by atoms with van der Waals surface area (Å²) in [5.41, 5.74) is 5.66. The van der Waals surface area contributed by atoms with E-state index in [1.165, 1.54) is 0 Å². The van der Waals surface area contributed by atoms with Crippen LogP contribution in [0.1, 0.15) is 44.3 Å². The molecule has 178 valence electrons. The molecule has 1 atom stereocenters. The number of hydrogen-bond acceptors (Lipinski definition) is 4. The Bertz CT molecular complexity index is 1450. The number of aromatic hydroxyl groups is 1. The number of fused-ring (bicyclic) bond motifs is 1. The Hall–Kier alpha value is -3.48. The average molecular weight is 508 g/mol. The highest BCUT2D eigenvalue weighted by atomic mass is 35.5. The molecule has 0 radical (unpaired) electrons. The highest BCUT2D eigenvalue weighted by Gasteiger charge is 2.42. The number of carbonyl (C=O) groups excluding carboxylic acids is 1. The third kappa shape index (κ3) is 4.03. The molecule has 0 bridgehead atoms. The van der Waals surface area contributed by atoms with Crippen LogP contribution in [0, 0.1) is 13.8 Å². The lowest BCUT2D eigenvalue weighted by Crippen LogP contribution is -2.29. The van der Waals surface area contributed by atoms with E-state index in [0.717, 1.165) is 28.0 Å². The average Bonchev–Trinajstić information content (AvgIpc) is 3.38. The van der Waals surface area contributed by atoms with Crippen LogP contribution < -0.4 is 4.74 Å². The Morgan fingerprint density at radius 3 is 2.49 bits per heavy atom. The molecule has 0 spiro atoms. The summed E-state index contributed by atoms with van der Waals surface area (Å²) in [5, 5.41) is 19.1. The molecule has 1 amide bonds. The largest absolute Gasteiger partial charge is 0.507 e. The summed E-state index contributed by atoms with van der Waals surface area (Å²) in [6.07, 6.45) is 0. The second-order valence-electron chi connectivity index (χ2n) is 8.70. The molecule has 0 saturated carbocycles. The first-order valence-corrected chi connectivity index (χ1v) is 11.8. The number of H-pyrrole nitrogens is 1. The molecule has 1 unspecified atom stereocenters. The van der Waals surface area contributed by atoms with Gasteiger partial charge in [0, 0.05) is 17.7 Å². The number of methoxy groups -OCH3 is 1. The van der Waals surface area contributed by atoms with E-state index in [1.54, 1.807) is 24.1 Å². The van der Waals surface area contributed by atoms with Crippen LogP contribution in [0.4, 0.5) is 0 Å². The van der Waals surface area contributed by atoms with E-state index in [1.807, 2.05) is 56.3 Å². The van der Waals surface area contributed by atoms with Crippen molar-refractivity contribution in [3.63, 3.8) is 0 Å². The molecule has 0 fully saturated rings. The smallest absolute Gasteiger partial charge is 0.273 e. The number of benzene rings is 3. The molecule has 3 aromatic carbocycles. The minimum absolute atomic E-state index is 0.138. The van der Waals surface area contributed by atoms with Crippen molar-refractivity contribution < 1.29 is 14.6 Å². The van der Waals surface area contributed by atoms with Gasteiger partial charge in [0.2, 0.25) is 0 Å². The van der Waals surface area contributed by atoms with Gasteiger partial charge < -0.3 is 14.7 Å². The fourth-order valence-electron chi connectivity index (χ4n) is 4.66. The van der Waals surface area contributed by atoms with Crippen molar-refractivity contribution in [1.82, 2.24) is 15.1 Å². The minimum atomic E-state index is -0.483. The molecule has 1 aromatic heterocycles. The van der Waals surface area contributed by atoms with Gasteiger partial charge in [0.1, 0.15) is 22.9 Å². The summed E-state index contributed by atoms with van der Waals surface area (Å²) in [5.74, 6) is 0.692. The lowest BCUT2D eigenvalue weighted by Gasteiger charge is -2.27.